The van der Waals surface area contributed by atoms with Crippen LogP contribution >= 0.6 is 22.6 Å². The van der Waals surface area contributed by atoms with Crippen LogP contribution in [-0.4, -0.2) is 14.5 Å². The van der Waals surface area contributed by atoms with E-state index in [0.717, 1.165) is 9.35 Å². The molecule has 0 bridgehead atoms. The van der Waals surface area contributed by atoms with E-state index in [-0.39, 0.29) is 0 Å². The van der Waals surface area contributed by atoms with Gasteiger partial charge in [0.15, 0.2) is 0 Å². The summed E-state index contributed by atoms with van der Waals surface area (Å²) in [6.07, 6.45) is 3.71. The second-order valence-electron chi connectivity index (χ2n) is 3.46. The zero-order valence-corrected chi connectivity index (χ0v) is 10.3. The van der Waals surface area contributed by atoms with Gasteiger partial charge in [-0.1, -0.05) is 0 Å². The topological polar surface area (TPSA) is 30.7 Å². The molecule has 74 valence electrons. The molecule has 0 aliphatic heterocycles. The maximum Gasteiger partial charge on any atom is 0.142 e. The van der Waals surface area contributed by atoms with Gasteiger partial charge in [0.1, 0.15) is 9.35 Å². The van der Waals surface area contributed by atoms with Crippen molar-refractivity contribution in [3.8, 4) is 0 Å². The summed E-state index contributed by atoms with van der Waals surface area (Å²) in [6, 6.07) is 6.15. The molecule has 0 saturated heterocycles. The van der Waals surface area contributed by atoms with Crippen LogP contribution < -0.4 is 0 Å². The number of hydrogen-bond acceptors (Lipinski definition) is 2. The number of pyridine rings is 2. The number of rotatable bonds is 0. The summed E-state index contributed by atoms with van der Waals surface area (Å²) >= 11 is 2.23. The van der Waals surface area contributed by atoms with Gasteiger partial charge in [0.05, 0.1) is 5.52 Å². The first-order valence-electron chi connectivity index (χ1n) is 4.62. The first-order valence-corrected chi connectivity index (χ1v) is 5.70. The number of hydrogen-bond donors (Lipinski definition) is 0. The van der Waals surface area contributed by atoms with Gasteiger partial charge in [-0.05, 0) is 40.8 Å². The van der Waals surface area contributed by atoms with Crippen molar-refractivity contribution in [2.45, 2.75) is 0 Å². The van der Waals surface area contributed by atoms with Crippen molar-refractivity contribution in [3.63, 3.8) is 0 Å². The lowest BCUT2D eigenvalue weighted by Crippen LogP contribution is -1.90. The van der Waals surface area contributed by atoms with Crippen LogP contribution in [0.4, 0.5) is 0 Å². The Morgan fingerprint density at radius 2 is 2.07 bits per heavy atom. The number of aryl methyl sites for hydroxylation is 1. The third kappa shape index (κ3) is 1.24. The van der Waals surface area contributed by atoms with Gasteiger partial charge in [0.25, 0.3) is 0 Å². The summed E-state index contributed by atoms with van der Waals surface area (Å²) in [7, 11) is 2.04. The summed E-state index contributed by atoms with van der Waals surface area (Å²) in [5, 5.41) is 2.33. The minimum absolute atomic E-state index is 1.01. The molecular formula is C11H8IN3. The average Bonchev–Trinajstić information content (AvgIpc) is 2.54. The van der Waals surface area contributed by atoms with Crippen molar-refractivity contribution >= 4 is 44.5 Å². The first kappa shape index (κ1) is 9.08. The third-order valence-electron chi connectivity index (χ3n) is 2.61. The van der Waals surface area contributed by atoms with Crippen molar-refractivity contribution in [3.05, 3.63) is 34.3 Å². The van der Waals surface area contributed by atoms with E-state index in [1.807, 2.05) is 31.6 Å². The zero-order chi connectivity index (χ0) is 10.4. The predicted molar refractivity (Wildman–Crippen MR) is 68.7 cm³/mol. The quantitative estimate of drug-likeness (QED) is 0.472. The van der Waals surface area contributed by atoms with Crippen molar-refractivity contribution in [1.29, 1.82) is 0 Å². The van der Waals surface area contributed by atoms with Gasteiger partial charge in [0.2, 0.25) is 0 Å². The summed E-state index contributed by atoms with van der Waals surface area (Å²) in [5.74, 6) is 0. The zero-order valence-electron chi connectivity index (χ0n) is 8.11. The van der Waals surface area contributed by atoms with Crippen LogP contribution in [0.2, 0.25) is 0 Å². The summed E-state index contributed by atoms with van der Waals surface area (Å²) < 4.78 is 3.12. The monoisotopic (exact) mass is 309 g/mol. The Hall–Kier alpha value is -1.17. The molecule has 0 aromatic carbocycles. The molecule has 0 unspecified atom stereocenters. The van der Waals surface area contributed by atoms with Gasteiger partial charge in [-0.3, -0.25) is 4.98 Å². The standard InChI is InChI=1S/C11H8IN3/c1-15-9-4-5-13-6-8(9)7-2-3-10(12)14-11(7)15/h2-6H,1H3. The normalized spacial score (nSPS) is 11.3. The number of nitrogens with zero attached hydrogens (tertiary/aromatic N) is 3. The highest BCUT2D eigenvalue weighted by molar-refractivity contribution is 14.1. The van der Waals surface area contributed by atoms with Crippen molar-refractivity contribution in [2.24, 2.45) is 7.05 Å². The molecule has 3 nitrogen and oxygen atoms in total. The molecule has 15 heavy (non-hydrogen) atoms. The van der Waals surface area contributed by atoms with Crippen LogP contribution in [0.1, 0.15) is 0 Å². The molecule has 3 aromatic rings. The number of halogens is 1. The molecule has 0 spiro atoms. The SMILES string of the molecule is Cn1c2ccncc2c2ccc(I)nc21. The molecule has 0 radical (unpaired) electrons. The molecule has 0 amide bonds. The second-order valence-corrected chi connectivity index (χ2v) is 4.56. The van der Waals surface area contributed by atoms with E-state index < -0.39 is 0 Å². The molecule has 3 heterocycles. The van der Waals surface area contributed by atoms with Gasteiger partial charge in [0, 0.05) is 30.2 Å². The van der Waals surface area contributed by atoms with Crippen molar-refractivity contribution in [2.75, 3.05) is 0 Å². The van der Waals surface area contributed by atoms with Crippen LogP contribution in [-0.2, 0) is 7.05 Å². The highest BCUT2D eigenvalue weighted by Crippen LogP contribution is 2.26. The predicted octanol–water partition coefficient (Wildman–Crippen LogP) is 2.73. The molecule has 0 aliphatic carbocycles. The van der Waals surface area contributed by atoms with E-state index in [2.05, 4.69) is 43.2 Å². The summed E-state index contributed by atoms with van der Waals surface area (Å²) in [6.45, 7) is 0. The van der Waals surface area contributed by atoms with Gasteiger partial charge in [-0.2, -0.15) is 0 Å². The van der Waals surface area contributed by atoms with Gasteiger partial charge in [-0.25, -0.2) is 4.98 Å². The lowest BCUT2D eigenvalue weighted by Gasteiger charge is -1.96. The van der Waals surface area contributed by atoms with Crippen LogP contribution in [0.15, 0.2) is 30.6 Å². The van der Waals surface area contributed by atoms with Crippen LogP contribution in [0.25, 0.3) is 21.9 Å². The fraction of sp³-hybridized carbons (Fsp3) is 0.0909. The van der Waals surface area contributed by atoms with Crippen LogP contribution in [0.5, 0.6) is 0 Å². The Labute approximate surface area is 100 Å². The lowest BCUT2D eigenvalue weighted by atomic mass is 10.2. The lowest BCUT2D eigenvalue weighted by molar-refractivity contribution is 0.984. The average molecular weight is 309 g/mol. The molecule has 3 rings (SSSR count). The summed E-state index contributed by atoms with van der Waals surface area (Å²) in [4.78, 5) is 8.69. The van der Waals surface area contributed by atoms with E-state index in [9.17, 15) is 0 Å². The van der Waals surface area contributed by atoms with E-state index in [1.165, 1.54) is 16.3 Å². The van der Waals surface area contributed by atoms with Crippen LogP contribution in [0, 0.1) is 3.70 Å². The maximum atomic E-state index is 4.53. The minimum Gasteiger partial charge on any atom is -0.328 e. The van der Waals surface area contributed by atoms with E-state index in [0.29, 0.717) is 0 Å². The molecule has 0 aliphatic rings. The first-order chi connectivity index (χ1) is 7.27. The highest BCUT2D eigenvalue weighted by atomic mass is 127. The molecule has 0 fully saturated rings. The van der Waals surface area contributed by atoms with Gasteiger partial charge >= 0.3 is 0 Å². The fourth-order valence-electron chi connectivity index (χ4n) is 1.89. The van der Waals surface area contributed by atoms with Gasteiger partial charge < -0.3 is 4.57 Å². The van der Waals surface area contributed by atoms with Crippen molar-refractivity contribution in [1.82, 2.24) is 14.5 Å². The van der Waals surface area contributed by atoms with E-state index in [4.69, 9.17) is 0 Å². The highest BCUT2D eigenvalue weighted by Gasteiger charge is 2.08. The summed E-state index contributed by atoms with van der Waals surface area (Å²) in [5.41, 5.74) is 2.19. The molecule has 0 saturated carbocycles. The molecule has 0 atom stereocenters. The Morgan fingerprint density at radius 3 is 2.93 bits per heavy atom. The Kier molecular flexibility index (Phi) is 1.92. The molecule has 3 aromatic heterocycles. The molecule has 0 N–H and O–H groups in total. The number of fused-ring (bicyclic) bond motifs is 3. The smallest absolute Gasteiger partial charge is 0.142 e. The third-order valence-corrected chi connectivity index (χ3v) is 3.21. The fourth-order valence-corrected chi connectivity index (χ4v) is 2.30. The number of aromatic nitrogens is 3. The van der Waals surface area contributed by atoms with Crippen LogP contribution in [0.3, 0.4) is 0 Å². The minimum atomic E-state index is 1.01. The van der Waals surface area contributed by atoms with Crippen molar-refractivity contribution < 1.29 is 0 Å². The largest absolute Gasteiger partial charge is 0.328 e. The Bertz CT molecular complexity index is 657. The maximum absolute atomic E-state index is 4.53. The van der Waals surface area contributed by atoms with Gasteiger partial charge in [-0.15, -0.1) is 0 Å². The van der Waals surface area contributed by atoms with E-state index >= 15 is 0 Å². The Morgan fingerprint density at radius 1 is 1.20 bits per heavy atom. The second kappa shape index (κ2) is 3.16. The molecule has 4 heteroatoms. The Balaban J connectivity index is 2.63. The molecular weight excluding hydrogens is 301 g/mol. The van der Waals surface area contributed by atoms with E-state index in [1.54, 1.807) is 0 Å².